The minimum atomic E-state index is -0.311. The Balaban J connectivity index is 1.55. The van der Waals surface area contributed by atoms with Gasteiger partial charge in [-0.3, -0.25) is 9.69 Å². The number of likely N-dealkylation sites (tertiary alicyclic amines) is 1. The number of aromatic nitrogens is 1. The van der Waals surface area contributed by atoms with Crippen LogP contribution in [-0.4, -0.2) is 49.6 Å². The van der Waals surface area contributed by atoms with E-state index in [0.717, 1.165) is 37.2 Å². The van der Waals surface area contributed by atoms with Crippen LogP contribution in [0.25, 0.3) is 0 Å². The first kappa shape index (κ1) is 19.8. The number of rotatable bonds is 4. The number of piperidine rings is 1. The molecule has 1 aromatic heterocycles. The second-order valence-corrected chi connectivity index (χ2v) is 8.24. The van der Waals surface area contributed by atoms with Crippen molar-refractivity contribution >= 4 is 11.7 Å². The van der Waals surface area contributed by atoms with Crippen LogP contribution >= 0.6 is 0 Å². The zero-order valence-corrected chi connectivity index (χ0v) is 17.3. The first-order valence-corrected chi connectivity index (χ1v) is 10.3. The summed E-state index contributed by atoms with van der Waals surface area (Å²) in [4.78, 5) is 21.6. The fourth-order valence-corrected chi connectivity index (χ4v) is 4.60. The van der Waals surface area contributed by atoms with Crippen LogP contribution in [0, 0.1) is 12.7 Å². The van der Waals surface area contributed by atoms with E-state index in [9.17, 15) is 9.18 Å². The van der Waals surface area contributed by atoms with Crippen LogP contribution in [0.1, 0.15) is 47.9 Å². The highest BCUT2D eigenvalue weighted by Gasteiger charge is 2.35. The number of pyridine rings is 1. The van der Waals surface area contributed by atoms with Gasteiger partial charge in [0.15, 0.2) is 0 Å². The molecule has 3 heterocycles. The van der Waals surface area contributed by atoms with Gasteiger partial charge in [0, 0.05) is 36.6 Å². The van der Waals surface area contributed by atoms with E-state index in [1.54, 1.807) is 4.90 Å². The fraction of sp³-hybridized carbons (Fsp3) is 0.478. The number of anilines is 1. The summed E-state index contributed by atoms with van der Waals surface area (Å²) < 4.78 is 19.9. The number of ether oxygens (including phenoxy) is 1. The second-order valence-electron chi connectivity index (χ2n) is 8.24. The molecule has 6 heteroatoms. The van der Waals surface area contributed by atoms with Crippen molar-refractivity contribution < 1.29 is 13.9 Å². The van der Waals surface area contributed by atoms with Crippen LogP contribution < -0.4 is 9.64 Å². The van der Waals surface area contributed by atoms with Crippen molar-refractivity contribution in [3.05, 3.63) is 53.0 Å². The Kier molecular flexibility index (Phi) is 5.54. The Bertz CT molecular complexity index is 886. The van der Waals surface area contributed by atoms with Crippen molar-refractivity contribution in [1.29, 1.82) is 0 Å². The summed E-state index contributed by atoms with van der Waals surface area (Å²) in [6, 6.07) is 9.15. The Hall–Kier alpha value is -2.47. The molecular weight excluding hydrogens is 369 g/mol. The van der Waals surface area contributed by atoms with Gasteiger partial charge in [-0.2, -0.15) is 0 Å². The Morgan fingerprint density at radius 2 is 1.93 bits per heavy atom. The monoisotopic (exact) mass is 397 g/mol. The number of carbonyl (C=O) groups excluding carboxylic acids is 1. The molecule has 0 bridgehead atoms. The fourth-order valence-electron chi connectivity index (χ4n) is 4.60. The van der Waals surface area contributed by atoms with Gasteiger partial charge in [-0.05, 0) is 69.2 Å². The molecule has 2 saturated heterocycles. The molecule has 0 radical (unpaired) electrons. The predicted octanol–water partition coefficient (Wildman–Crippen LogP) is 3.87. The van der Waals surface area contributed by atoms with E-state index < -0.39 is 0 Å². The van der Waals surface area contributed by atoms with E-state index in [4.69, 9.17) is 9.72 Å². The molecule has 1 amide bonds. The lowest BCUT2D eigenvalue weighted by Crippen LogP contribution is -2.30. The van der Waals surface area contributed by atoms with Crippen LogP contribution in [0.15, 0.2) is 30.3 Å². The molecular formula is C23H28FN3O2. The maximum Gasteiger partial charge on any atom is 0.228 e. The average molecular weight is 397 g/mol. The molecule has 0 spiro atoms. The summed E-state index contributed by atoms with van der Waals surface area (Å²) in [5.74, 6) is 1.12. The van der Waals surface area contributed by atoms with E-state index in [-0.39, 0.29) is 17.6 Å². The van der Waals surface area contributed by atoms with Gasteiger partial charge in [0.1, 0.15) is 17.4 Å². The number of nitrogens with zero attached hydrogens (tertiary/aromatic N) is 3. The van der Waals surface area contributed by atoms with Crippen molar-refractivity contribution in [3.63, 3.8) is 0 Å². The number of carbonyl (C=O) groups is 1. The third-order valence-electron chi connectivity index (χ3n) is 6.25. The quantitative estimate of drug-likeness (QED) is 0.786. The Morgan fingerprint density at radius 1 is 1.17 bits per heavy atom. The third-order valence-corrected chi connectivity index (χ3v) is 6.25. The summed E-state index contributed by atoms with van der Waals surface area (Å²) in [6.45, 7) is 4.45. The number of benzene rings is 1. The smallest absolute Gasteiger partial charge is 0.228 e. The van der Waals surface area contributed by atoms with Gasteiger partial charge in [-0.1, -0.05) is 6.07 Å². The lowest BCUT2D eigenvalue weighted by molar-refractivity contribution is -0.117. The van der Waals surface area contributed by atoms with Gasteiger partial charge in [-0.15, -0.1) is 0 Å². The molecule has 0 N–H and O–H groups in total. The highest BCUT2D eigenvalue weighted by Crippen LogP contribution is 2.36. The normalized spacial score (nSPS) is 21.0. The van der Waals surface area contributed by atoms with E-state index in [0.29, 0.717) is 36.0 Å². The van der Waals surface area contributed by atoms with Crippen molar-refractivity contribution in [1.82, 2.24) is 9.88 Å². The molecule has 5 nitrogen and oxygen atoms in total. The van der Waals surface area contributed by atoms with Crippen LogP contribution in [0.2, 0.25) is 0 Å². The molecule has 4 rings (SSSR count). The lowest BCUT2D eigenvalue weighted by Gasteiger charge is -2.29. The first-order chi connectivity index (χ1) is 14.0. The molecule has 0 aliphatic carbocycles. The highest BCUT2D eigenvalue weighted by atomic mass is 19.1. The van der Waals surface area contributed by atoms with E-state index in [1.807, 2.05) is 25.1 Å². The van der Waals surface area contributed by atoms with Gasteiger partial charge >= 0.3 is 0 Å². The summed E-state index contributed by atoms with van der Waals surface area (Å²) >= 11 is 0. The van der Waals surface area contributed by atoms with Gasteiger partial charge in [0.05, 0.1) is 7.11 Å². The molecule has 2 fully saturated rings. The van der Waals surface area contributed by atoms with Crippen LogP contribution in [0.3, 0.4) is 0 Å². The second kappa shape index (κ2) is 8.11. The van der Waals surface area contributed by atoms with Crippen molar-refractivity contribution in [2.24, 2.45) is 0 Å². The molecule has 2 aliphatic rings. The van der Waals surface area contributed by atoms with Gasteiger partial charge in [0.25, 0.3) is 0 Å². The van der Waals surface area contributed by atoms with Crippen LogP contribution in [0.4, 0.5) is 10.2 Å². The summed E-state index contributed by atoms with van der Waals surface area (Å²) in [6.07, 6.45) is 2.46. The molecule has 0 saturated carbocycles. The standard InChI is InChI=1S/C23H28FN3O2/c1-15-11-18(29-3)13-19(24)23(15)17-12-22(28)27(14-17)21-6-4-5-20(25-21)16-7-9-26(2)10-8-16/h4-6,11,13,16-17H,7-10,12,14H2,1-3H3/t17-/m0/s1. The summed E-state index contributed by atoms with van der Waals surface area (Å²) in [7, 11) is 3.67. The van der Waals surface area contributed by atoms with Gasteiger partial charge in [0.2, 0.25) is 5.91 Å². The molecule has 2 aromatic rings. The maximum absolute atomic E-state index is 14.7. The van der Waals surface area contributed by atoms with E-state index in [2.05, 4.69) is 18.0 Å². The zero-order chi connectivity index (χ0) is 20.5. The molecule has 154 valence electrons. The number of halogens is 1. The number of methoxy groups -OCH3 is 1. The molecule has 0 unspecified atom stereocenters. The largest absolute Gasteiger partial charge is 0.497 e. The van der Waals surface area contributed by atoms with Crippen molar-refractivity contribution in [2.45, 2.75) is 38.0 Å². The third kappa shape index (κ3) is 3.99. The lowest BCUT2D eigenvalue weighted by atomic mass is 9.93. The number of amides is 1. The van der Waals surface area contributed by atoms with Crippen molar-refractivity contribution in [2.75, 3.05) is 38.7 Å². The highest BCUT2D eigenvalue weighted by molar-refractivity contribution is 5.95. The number of aryl methyl sites for hydroxylation is 1. The minimum Gasteiger partial charge on any atom is -0.497 e. The molecule has 1 aromatic carbocycles. The van der Waals surface area contributed by atoms with Crippen LogP contribution in [-0.2, 0) is 4.79 Å². The van der Waals surface area contributed by atoms with E-state index >= 15 is 0 Å². The SMILES string of the molecule is COc1cc(C)c([C@H]2CC(=O)N(c3cccc(C4CCN(C)CC4)n3)C2)c(F)c1. The Morgan fingerprint density at radius 3 is 2.62 bits per heavy atom. The molecule has 29 heavy (non-hydrogen) atoms. The number of hydrogen-bond acceptors (Lipinski definition) is 4. The first-order valence-electron chi connectivity index (χ1n) is 10.3. The maximum atomic E-state index is 14.7. The molecule has 1 atom stereocenters. The Labute approximate surface area is 171 Å². The van der Waals surface area contributed by atoms with Gasteiger partial charge < -0.3 is 9.64 Å². The minimum absolute atomic E-state index is 0.00218. The molecule has 2 aliphatic heterocycles. The van der Waals surface area contributed by atoms with Crippen LogP contribution in [0.5, 0.6) is 5.75 Å². The van der Waals surface area contributed by atoms with Gasteiger partial charge in [-0.25, -0.2) is 9.37 Å². The zero-order valence-electron chi connectivity index (χ0n) is 17.3. The van der Waals surface area contributed by atoms with Crippen molar-refractivity contribution in [3.8, 4) is 5.75 Å². The number of hydrogen-bond donors (Lipinski definition) is 0. The van der Waals surface area contributed by atoms with E-state index in [1.165, 1.54) is 13.2 Å². The topological polar surface area (TPSA) is 45.7 Å². The average Bonchev–Trinajstić information content (AvgIpc) is 3.09. The summed E-state index contributed by atoms with van der Waals surface area (Å²) in [5, 5.41) is 0. The summed E-state index contributed by atoms with van der Waals surface area (Å²) in [5.41, 5.74) is 2.47. The predicted molar refractivity (Wildman–Crippen MR) is 111 cm³/mol.